The van der Waals surface area contributed by atoms with E-state index >= 15 is 0 Å². The molecule has 2 aromatic carbocycles. The molecule has 0 fully saturated rings. The lowest BCUT2D eigenvalue weighted by Crippen LogP contribution is -2.22. The van der Waals surface area contributed by atoms with Gasteiger partial charge in [0.2, 0.25) is 11.8 Å². The number of nitrogens with zero attached hydrogens (tertiary/aromatic N) is 1. The molecular weight excluding hydrogens is 386 g/mol. The topological polar surface area (TPSA) is 80.3 Å². The number of carbonyl (C=O) groups is 2. The number of aromatic nitrogens is 1. The van der Waals surface area contributed by atoms with E-state index in [4.69, 9.17) is 4.74 Å². The Balaban J connectivity index is 1.55. The van der Waals surface area contributed by atoms with Crippen LogP contribution in [-0.4, -0.2) is 30.5 Å². The van der Waals surface area contributed by atoms with Crippen molar-refractivity contribution in [1.29, 1.82) is 0 Å². The van der Waals surface area contributed by atoms with Crippen LogP contribution in [0.25, 0.3) is 11.3 Å². The van der Waals surface area contributed by atoms with E-state index in [1.165, 1.54) is 18.3 Å². The van der Waals surface area contributed by atoms with Crippen molar-refractivity contribution in [2.75, 3.05) is 19.0 Å². The Morgan fingerprint density at radius 2 is 1.72 bits per heavy atom. The number of methoxy groups -OCH3 is 1. The fraction of sp³-hybridized carbons (Fsp3) is 0.227. The lowest BCUT2D eigenvalue weighted by atomic mass is 10.1. The third-order valence-corrected chi connectivity index (χ3v) is 5.07. The number of ether oxygens (including phenoxy) is 1. The molecule has 3 rings (SSSR count). The van der Waals surface area contributed by atoms with E-state index in [1.54, 1.807) is 7.11 Å². The smallest absolute Gasteiger partial charge is 0.230 e. The number of rotatable bonds is 8. The summed E-state index contributed by atoms with van der Waals surface area (Å²) in [5.74, 6) is 0.634. The summed E-state index contributed by atoms with van der Waals surface area (Å²) in [4.78, 5) is 27.7. The van der Waals surface area contributed by atoms with E-state index in [1.807, 2.05) is 53.9 Å². The summed E-state index contributed by atoms with van der Waals surface area (Å²) in [5, 5.41) is 8.15. The summed E-state index contributed by atoms with van der Waals surface area (Å²) >= 11 is 1.40. The molecule has 7 heteroatoms. The molecule has 2 N–H and O–H groups in total. The molecule has 0 saturated carbocycles. The van der Waals surface area contributed by atoms with Gasteiger partial charge in [0.15, 0.2) is 5.13 Å². The van der Waals surface area contributed by atoms with Crippen LogP contribution in [0.15, 0.2) is 53.9 Å². The Kier molecular flexibility index (Phi) is 6.97. The Bertz CT molecular complexity index is 966. The molecule has 1 aromatic heterocycles. The minimum Gasteiger partial charge on any atom is -0.497 e. The average Bonchev–Trinajstić information content (AvgIpc) is 3.17. The van der Waals surface area contributed by atoms with Gasteiger partial charge in [0, 0.05) is 24.4 Å². The molecule has 6 nitrogen and oxygen atoms in total. The van der Waals surface area contributed by atoms with Crippen LogP contribution in [0, 0.1) is 0 Å². The van der Waals surface area contributed by atoms with Gasteiger partial charge >= 0.3 is 0 Å². The first-order valence-corrected chi connectivity index (χ1v) is 10.1. The molecule has 0 aliphatic rings. The van der Waals surface area contributed by atoms with Crippen LogP contribution < -0.4 is 15.4 Å². The Labute approximate surface area is 173 Å². The zero-order chi connectivity index (χ0) is 20.6. The van der Waals surface area contributed by atoms with E-state index in [-0.39, 0.29) is 18.2 Å². The summed E-state index contributed by atoms with van der Waals surface area (Å²) in [6.07, 6.45) is 1.06. The molecule has 0 saturated heterocycles. The molecule has 0 unspecified atom stereocenters. The highest BCUT2D eigenvalue weighted by Gasteiger charge is 2.09. The normalized spacial score (nSPS) is 10.4. The zero-order valence-electron chi connectivity index (χ0n) is 16.4. The maximum atomic E-state index is 12.3. The molecular formula is C22H23N3O3S. The van der Waals surface area contributed by atoms with E-state index in [2.05, 4.69) is 15.6 Å². The van der Waals surface area contributed by atoms with Crippen LogP contribution in [0.5, 0.6) is 5.75 Å². The fourth-order valence-corrected chi connectivity index (χ4v) is 3.52. The van der Waals surface area contributed by atoms with Crippen LogP contribution in [0.3, 0.4) is 0 Å². The molecule has 0 spiro atoms. The van der Waals surface area contributed by atoms with Crippen molar-refractivity contribution in [2.24, 2.45) is 0 Å². The van der Waals surface area contributed by atoms with E-state index in [9.17, 15) is 9.59 Å². The fourth-order valence-electron chi connectivity index (χ4n) is 2.78. The predicted octanol–water partition coefficient (Wildman–Crippen LogP) is 3.68. The molecule has 150 valence electrons. The number of nitrogens with one attached hydrogen (secondary N) is 2. The highest BCUT2D eigenvalue weighted by atomic mass is 32.1. The van der Waals surface area contributed by atoms with Gasteiger partial charge in [-0.1, -0.05) is 36.4 Å². The monoisotopic (exact) mass is 409 g/mol. The minimum atomic E-state index is -0.107. The molecule has 29 heavy (non-hydrogen) atoms. The summed E-state index contributed by atoms with van der Waals surface area (Å²) in [7, 11) is 1.61. The Morgan fingerprint density at radius 3 is 2.38 bits per heavy atom. The number of thiazole rings is 1. The van der Waals surface area contributed by atoms with Crippen molar-refractivity contribution < 1.29 is 14.3 Å². The van der Waals surface area contributed by atoms with Gasteiger partial charge in [-0.05, 0) is 29.7 Å². The van der Waals surface area contributed by atoms with E-state index in [0.717, 1.165) is 34.6 Å². The second-order valence-corrected chi connectivity index (χ2v) is 7.40. The summed E-state index contributed by atoms with van der Waals surface area (Å²) < 4.78 is 5.13. The third-order valence-electron chi connectivity index (χ3n) is 4.31. The largest absolute Gasteiger partial charge is 0.497 e. The Morgan fingerprint density at radius 1 is 1.03 bits per heavy atom. The van der Waals surface area contributed by atoms with Crippen molar-refractivity contribution in [3.05, 3.63) is 65.0 Å². The van der Waals surface area contributed by atoms with Gasteiger partial charge in [-0.25, -0.2) is 4.98 Å². The van der Waals surface area contributed by atoms with Crippen molar-refractivity contribution in [2.45, 2.75) is 19.8 Å². The van der Waals surface area contributed by atoms with Gasteiger partial charge in [0.05, 0.1) is 19.2 Å². The van der Waals surface area contributed by atoms with Crippen LogP contribution in [0.4, 0.5) is 5.13 Å². The van der Waals surface area contributed by atoms with Crippen molar-refractivity contribution in [1.82, 2.24) is 10.3 Å². The standard InChI is InChI=1S/C22H23N3O3S/c1-15(26)23-12-11-16-3-7-18(8-4-16)20-14-29-22(24-20)25-21(27)13-17-5-9-19(28-2)10-6-17/h3-10,14H,11-13H2,1-2H3,(H,23,26)(H,24,25,27). The highest BCUT2D eigenvalue weighted by Crippen LogP contribution is 2.25. The number of carbonyl (C=O) groups excluding carboxylic acids is 2. The third kappa shape index (κ3) is 6.15. The second-order valence-electron chi connectivity index (χ2n) is 6.54. The quantitative estimate of drug-likeness (QED) is 0.595. The minimum absolute atomic E-state index is 0.0225. The highest BCUT2D eigenvalue weighted by molar-refractivity contribution is 7.14. The number of amides is 2. The summed E-state index contributed by atoms with van der Waals surface area (Å²) in [6.45, 7) is 2.13. The van der Waals surface area contributed by atoms with Gasteiger partial charge in [-0.3, -0.25) is 9.59 Å². The summed E-state index contributed by atoms with van der Waals surface area (Å²) in [6, 6.07) is 15.5. The SMILES string of the molecule is COc1ccc(CC(=O)Nc2nc(-c3ccc(CCNC(C)=O)cc3)cs2)cc1. The average molecular weight is 410 g/mol. The van der Waals surface area contributed by atoms with Crippen LogP contribution in [0.2, 0.25) is 0 Å². The number of benzene rings is 2. The van der Waals surface area contributed by atoms with Crippen molar-refractivity contribution in [3.8, 4) is 17.0 Å². The molecule has 0 atom stereocenters. The first-order valence-electron chi connectivity index (χ1n) is 9.25. The van der Waals surface area contributed by atoms with Gasteiger partial charge in [-0.2, -0.15) is 0 Å². The predicted molar refractivity (Wildman–Crippen MR) is 115 cm³/mol. The molecule has 0 aliphatic carbocycles. The lowest BCUT2D eigenvalue weighted by Gasteiger charge is -2.04. The molecule has 0 aliphatic heterocycles. The molecule has 0 bridgehead atoms. The van der Waals surface area contributed by atoms with Crippen molar-refractivity contribution >= 4 is 28.3 Å². The molecule has 3 aromatic rings. The van der Waals surface area contributed by atoms with E-state index < -0.39 is 0 Å². The van der Waals surface area contributed by atoms with Gasteiger partial charge in [0.1, 0.15) is 5.75 Å². The van der Waals surface area contributed by atoms with Crippen molar-refractivity contribution in [3.63, 3.8) is 0 Å². The lowest BCUT2D eigenvalue weighted by molar-refractivity contribution is -0.119. The Hall–Kier alpha value is -3.19. The second kappa shape index (κ2) is 9.84. The van der Waals surface area contributed by atoms with E-state index in [0.29, 0.717) is 11.7 Å². The van der Waals surface area contributed by atoms with Gasteiger partial charge < -0.3 is 15.4 Å². The van der Waals surface area contributed by atoms with Gasteiger partial charge in [-0.15, -0.1) is 11.3 Å². The van der Waals surface area contributed by atoms with Crippen LogP contribution in [-0.2, 0) is 22.4 Å². The van der Waals surface area contributed by atoms with Crippen LogP contribution in [0.1, 0.15) is 18.1 Å². The maximum absolute atomic E-state index is 12.3. The first-order chi connectivity index (χ1) is 14.0. The summed E-state index contributed by atoms with van der Waals surface area (Å²) in [5.41, 5.74) is 3.86. The molecule has 2 amide bonds. The molecule has 0 radical (unpaired) electrons. The number of hydrogen-bond acceptors (Lipinski definition) is 5. The molecule has 1 heterocycles. The number of anilines is 1. The zero-order valence-corrected chi connectivity index (χ0v) is 17.2. The maximum Gasteiger partial charge on any atom is 0.230 e. The number of hydrogen-bond donors (Lipinski definition) is 2. The first kappa shape index (κ1) is 20.5. The van der Waals surface area contributed by atoms with Crippen LogP contribution >= 0.6 is 11.3 Å². The van der Waals surface area contributed by atoms with Gasteiger partial charge in [0.25, 0.3) is 0 Å².